The summed E-state index contributed by atoms with van der Waals surface area (Å²) in [5.74, 6) is 1.80. The van der Waals surface area contributed by atoms with Crippen molar-refractivity contribution in [1.82, 2.24) is 15.0 Å². The topological polar surface area (TPSA) is 51.8 Å². The van der Waals surface area contributed by atoms with Crippen LogP contribution in [0.2, 0.25) is 0 Å². The van der Waals surface area contributed by atoms with Gasteiger partial charge in [0.1, 0.15) is 50.4 Å². The number of hydrogen-bond donors (Lipinski definition) is 0. The van der Waals surface area contributed by atoms with Crippen LogP contribution in [-0.2, 0) is 0 Å². The molecule has 0 amide bonds. The predicted molar refractivity (Wildman–Crippen MR) is 227 cm³/mol. The van der Waals surface area contributed by atoms with Crippen molar-refractivity contribution in [1.29, 1.82) is 0 Å². The lowest BCUT2D eigenvalue weighted by Gasteiger charge is -2.21. The first kappa shape index (κ1) is 33.5. The maximum atomic E-state index is 6.47. The monoisotopic (exact) mass is 677 g/mol. The van der Waals surface area contributed by atoms with Gasteiger partial charge < -0.3 is 4.42 Å². The Hall–Kier alpha value is -6.33. The van der Waals surface area contributed by atoms with Crippen LogP contribution in [0.25, 0.3) is 89.5 Å². The number of nitrogens with zero attached hydrogens (tertiary/aromatic N) is 3. The lowest BCUT2D eigenvalue weighted by atomic mass is 9.59. The van der Waals surface area contributed by atoms with Crippen LogP contribution in [0, 0.1) is 0 Å². The second-order valence-corrected chi connectivity index (χ2v) is 13.1. The molecule has 7 aromatic carbocycles. The summed E-state index contributed by atoms with van der Waals surface area (Å²) in [6, 6.07) is 48.6. The number of benzene rings is 7. The quantitative estimate of drug-likeness (QED) is 0.211. The summed E-state index contributed by atoms with van der Waals surface area (Å²) in [5.41, 5.74) is 11.1. The van der Waals surface area contributed by atoms with Crippen LogP contribution < -0.4 is 27.3 Å². The van der Waals surface area contributed by atoms with Gasteiger partial charge in [-0.05, 0) is 51.6 Å². The van der Waals surface area contributed by atoms with Gasteiger partial charge in [0.2, 0.25) is 0 Å². The summed E-state index contributed by atoms with van der Waals surface area (Å²) in [6.07, 6.45) is 0. The highest BCUT2D eigenvalue weighted by Gasteiger charge is 2.18. The first-order valence-corrected chi connectivity index (χ1v) is 17.4. The first-order valence-electron chi connectivity index (χ1n) is 17.4. The third-order valence-electron chi connectivity index (χ3n) is 9.86. The number of hydrogen-bond acceptors (Lipinski definition) is 4. The van der Waals surface area contributed by atoms with E-state index in [0.29, 0.717) is 34.0 Å². The van der Waals surface area contributed by atoms with E-state index in [9.17, 15) is 0 Å². The van der Waals surface area contributed by atoms with Crippen LogP contribution in [0.1, 0.15) is 0 Å². The molecule has 240 valence electrons. The molecule has 0 aliphatic carbocycles. The fourth-order valence-corrected chi connectivity index (χ4v) is 6.97. The Morgan fingerprint density at radius 3 is 1.37 bits per heavy atom. The minimum absolute atomic E-state index is 0.199. The maximum absolute atomic E-state index is 6.47. The van der Waals surface area contributed by atoms with E-state index in [4.69, 9.17) is 58.6 Å². The van der Waals surface area contributed by atoms with Crippen molar-refractivity contribution in [2.75, 3.05) is 0 Å². The van der Waals surface area contributed by atoms with Gasteiger partial charge in [0.05, 0.1) is 0 Å². The van der Waals surface area contributed by atoms with E-state index in [2.05, 4.69) is 42.5 Å². The predicted octanol–water partition coefficient (Wildman–Crippen LogP) is 5.74. The van der Waals surface area contributed by atoms with Gasteiger partial charge in [-0.25, -0.2) is 15.0 Å². The highest BCUT2D eigenvalue weighted by atomic mass is 16.3. The number of furan rings is 1. The Labute approximate surface area is 319 Å². The molecule has 0 N–H and O–H groups in total. The molecule has 0 spiro atoms. The molecule has 0 atom stereocenters. The molecule has 0 fully saturated rings. The highest BCUT2D eigenvalue weighted by Crippen LogP contribution is 2.38. The van der Waals surface area contributed by atoms with E-state index >= 15 is 0 Å². The first-order chi connectivity index (χ1) is 26.3. The average molecular weight is 677 g/mol. The zero-order valence-electron chi connectivity index (χ0n) is 29.0. The fourth-order valence-electron chi connectivity index (χ4n) is 6.97. The standard InChI is InChI=1S/C45H24B5N3O/c46-38-36(39(47)41(49)42(50)40(38)48)28-20-18-26(19-21-28)25-14-16-27(17-15-25)31-22-23-32-35(24-31)54-34-13-7-12-33(37(32)34)45-52-43(29-8-3-1-4-9-29)51-44(53-45)30-10-5-2-6-11-30/h1-24H. The second-order valence-electron chi connectivity index (χ2n) is 13.1. The third kappa shape index (κ3) is 5.86. The minimum atomic E-state index is 0.199. The van der Waals surface area contributed by atoms with Crippen molar-refractivity contribution in [3.63, 3.8) is 0 Å². The van der Waals surface area contributed by atoms with Crippen molar-refractivity contribution >= 4 is 88.5 Å². The average Bonchev–Trinajstić information content (AvgIpc) is 3.61. The largest absolute Gasteiger partial charge is 0.456 e. The van der Waals surface area contributed by atoms with Gasteiger partial charge in [0, 0.05) is 27.5 Å². The number of fused-ring (bicyclic) bond motifs is 3. The van der Waals surface area contributed by atoms with Crippen LogP contribution in [0.3, 0.4) is 0 Å². The fraction of sp³-hybridized carbons (Fsp3) is 0. The number of rotatable bonds is 6. The van der Waals surface area contributed by atoms with Crippen LogP contribution in [0.4, 0.5) is 0 Å². The Kier molecular flexibility index (Phi) is 8.43. The summed E-state index contributed by atoms with van der Waals surface area (Å²) in [5, 5.41) is 1.94. The summed E-state index contributed by atoms with van der Waals surface area (Å²) in [7, 11) is 30.8. The Balaban J connectivity index is 1.05. The second kappa shape index (κ2) is 13.6. The van der Waals surface area contributed by atoms with Crippen LogP contribution in [0.15, 0.2) is 150 Å². The summed E-state index contributed by atoms with van der Waals surface area (Å²) in [4.78, 5) is 14.8. The highest BCUT2D eigenvalue weighted by molar-refractivity contribution is 6.68. The lowest BCUT2D eigenvalue weighted by Crippen LogP contribution is -2.55. The van der Waals surface area contributed by atoms with Crippen molar-refractivity contribution in [2.45, 2.75) is 0 Å². The molecule has 2 heterocycles. The molecule has 0 saturated carbocycles. The summed E-state index contributed by atoms with van der Waals surface area (Å²) >= 11 is 0. The smallest absolute Gasteiger partial charge is 0.164 e. The maximum Gasteiger partial charge on any atom is 0.164 e. The van der Waals surface area contributed by atoms with Gasteiger partial charge in [-0.3, -0.25) is 0 Å². The van der Waals surface area contributed by atoms with E-state index in [-0.39, 0.29) is 16.4 Å². The zero-order chi connectivity index (χ0) is 36.9. The van der Waals surface area contributed by atoms with Gasteiger partial charge in [-0.1, -0.05) is 138 Å². The van der Waals surface area contributed by atoms with Gasteiger partial charge in [0.15, 0.2) is 17.5 Å². The van der Waals surface area contributed by atoms with E-state index in [1.165, 1.54) is 0 Å². The van der Waals surface area contributed by atoms with Gasteiger partial charge >= 0.3 is 0 Å². The molecule has 9 rings (SSSR count). The Bertz CT molecular complexity index is 2770. The molecule has 2 aromatic heterocycles. The van der Waals surface area contributed by atoms with Crippen molar-refractivity contribution < 1.29 is 4.42 Å². The molecule has 0 saturated heterocycles. The Morgan fingerprint density at radius 1 is 0.352 bits per heavy atom. The van der Waals surface area contributed by atoms with E-state index < -0.39 is 0 Å². The normalized spacial score (nSPS) is 11.3. The van der Waals surface area contributed by atoms with E-state index in [1.54, 1.807) is 0 Å². The van der Waals surface area contributed by atoms with E-state index in [1.807, 2.05) is 103 Å². The van der Waals surface area contributed by atoms with Gasteiger partial charge in [0.25, 0.3) is 0 Å². The van der Waals surface area contributed by atoms with Crippen LogP contribution >= 0.6 is 0 Å². The Morgan fingerprint density at radius 2 is 0.815 bits per heavy atom. The van der Waals surface area contributed by atoms with Crippen molar-refractivity contribution in [2.24, 2.45) is 0 Å². The molecule has 9 aromatic rings. The molecule has 4 nitrogen and oxygen atoms in total. The molecule has 0 aliphatic heterocycles. The van der Waals surface area contributed by atoms with Crippen LogP contribution in [-0.4, -0.2) is 54.2 Å². The molecular formula is C45H24B5N3O. The molecule has 54 heavy (non-hydrogen) atoms. The molecule has 0 unspecified atom stereocenters. The minimum Gasteiger partial charge on any atom is -0.456 e. The number of aromatic nitrogens is 3. The molecular weight excluding hydrogens is 653 g/mol. The molecule has 10 radical (unpaired) electrons. The van der Waals surface area contributed by atoms with Gasteiger partial charge in [-0.15, -0.1) is 16.4 Å². The SMILES string of the molecule is [B]c1c([B])c([B])c(-c2ccc(-c3ccc(-c4ccc5c(c4)oc4cccc(-c6nc(-c7ccccc7)nc(-c7ccccc7)n6)c45)cc3)cc2)c([B])c1[B]. The zero-order valence-corrected chi connectivity index (χ0v) is 29.0. The summed E-state index contributed by atoms with van der Waals surface area (Å²) < 4.78 is 6.47. The van der Waals surface area contributed by atoms with Crippen molar-refractivity contribution in [3.05, 3.63) is 146 Å². The third-order valence-corrected chi connectivity index (χ3v) is 9.86. The lowest BCUT2D eigenvalue weighted by molar-refractivity contribution is 0.669. The van der Waals surface area contributed by atoms with Crippen LogP contribution in [0.5, 0.6) is 0 Å². The molecule has 0 aliphatic rings. The molecule has 0 bridgehead atoms. The van der Waals surface area contributed by atoms with E-state index in [0.717, 1.165) is 66.4 Å². The van der Waals surface area contributed by atoms with Crippen molar-refractivity contribution in [3.8, 4) is 67.5 Å². The van der Waals surface area contributed by atoms with Gasteiger partial charge in [-0.2, -0.15) is 0 Å². The summed E-state index contributed by atoms with van der Waals surface area (Å²) in [6.45, 7) is 0. The molecule has 9 heteroatoms.